The molecule has 2 aliphatic rings. The van der Waals surface area contributed by atoms with Gasteiger partial charge in [-0.2, -0.15) is 0 Å². The van der Waals surface area contributed by atoms with Gasteiger partial charge in [-0.15, -0.1) is 0 Å². The first kappa shape index (κ1) is 8.08. The van der Waals surface area contributed by atoms with Crippen LogP contribution in [0.25, 0.3) is 0 Å². The molecule has 2 atom stereocenters. The Hall–Kier alpha value is -0.540. The summed E-state index contributed by atoms with van der Waals surface area (Å²) in [5.41, 5.74) is -0.851. The van der Waals surface area contributed by atoms with Crippen LogP contribution in [0.2, 0.25) is 0 Å². The summed E-state index contributed by atoms with van der Waals surface area (Å²) in [4.78, 5) is 0. The van der Waals surface area contributed by atoms with Crippen molar-refractivity contribution in [3.8, 4) is 0 Å². The van der Waals surface area contributed by atoms with Crippen LogP contribution in [0, 0.1) is 0 Å². The Kier molecular flexibility index (Phi) is 1.85. The van der Waals surface area contributed by atoms with Crippen molar-refractivity contribution in [2.24, 2.45) is 0 Å². The molecule has 0 radical (unpaired) electrons. The highest BCUT2D eigenvalue weighted by Gasteiger charge is 2.45. The van der Waals surface area contributed by atoms with E-state index >= 15 is 0 Å². The van der Waals surface area contributed by atoms with Gasteiger partial charge < -0.3 is 14.6 Å². The predicted octanol–water partition coefficient (Wildman–Crippen LogP) is 0.831. The molecular formula is C9H14O3. The fourth-order valence-corrected chi connectivity index (χ4v) is 1.78. The predicted molar refractivity (Wildman–Crippen MR) is 43.6 cm³/mol. The largest absolute Gasteiger partial charge is 0.495 e. The smallest absolute Gasteiger partial charge is 0.149 e. The molecule has 3 nitrogen and oxygen atoms in total. The highest BCUT2D eigenvalue weighted by molar-refractivity contribution is 5.17. The molecule has 1 fully saturated rings. The summed E-state index contributed by atoms with van der Waals surface area (Å²) >= 11 is 0. The maximum absolute atomic E-state index is 10.1. The Morgan fingerprint density at radius 2 is 2.42 bits per heavy atom. The van der Waals surface area contributed by atoms with Gasteiger partial charge in [0.05, 0.1) is 19.3 Å². The first-order valence-electron chi connectivity index (χ1n) is 4.41. The van der Waals surface area contributed by atoms with Gasteiger partial charge in [0.1, 0.15) is 11.4 Å². The van der Waals surface area contributed by atoms with E-state index in [0.717, 1.165) is 6.42 Å². The molecule has 1 saturated heterocycles. The third kappa shape index (κ3) is 1.04. The SMILES string of the molecule is CC1OCCC1(O)C1=CCCO1. The van der Waals surface area contributed by atoms with E-state index in [2.05, 4.69) is 0 Å². The van der Waals surface area contributed by atoms with Crippen molar-refractivity contribution in [3.05, 3.63) is 11.8 Å². The van der Waals surface area contributed by atoms with Gasteiger partial charge in [-0.1, -0.05) is 0 Å². The Balaban J connectivity index is 2.18. The van der Waals surface area contributed by atoms with Crippen LogP contribution in [-0.4, -0.2) is 30.0 Å². The van der Waals surface area contributed by atoms with Crippen LogP contribution in [0.1, 0.15) is 19.8 Å². The Bertz CT molecular complexity index is 212. The second-order valence-electron chi connectivity index (χ2n) is 3.39. The summed E-state index contributed by atoms with van der Waals surface area (Å²) in [7, 11) is 0. The van der Waals surface area contributed by atoms with Gasteiger partial charge in [-0.25, -0.2) is 0 Å². The fraction of sp³-hybridized carbons (Fsp3) is 0.778. The lowest BCUT2D eigenvalue weighted by atomic mass is 9.94. The monoisotopic (exact) mass is 170 g/mol. The fourth-order valence-electron chi connectivity index (χ4n) is 1.78. The molecule has 2 aliphatic heterocycles. The molecule has 68 valence electrons. The molecule has 0 spiro atoms. The maximum atomic E-state index is 10.1. The van der Waals surface area contributed by atoms with Crippen LogP contribution in [0.5, 0.6) is 0 Å². The molecule has 0 aromatic carbocycles. The van der Waals surface area contributed by atoms with Crippen molar-refractivity contribution in [2.45, 2.75) is 31.5 Å². The number of hydrogen-bond acceptors (Lipinski definition) is 3. The van der Waals surface area contributed by atoms with Gasteiger partial charge in [-0.05, 0) is 13.0 Å². The molecule has 2 rings (SSSR count). The summed E-state index contributed by atoms with van der Waals surface area (Å²) < 4.78 is 10.7. The second kappa shape index (κ2) is 2.75. The molecule has 2 unspecified atom stereocenters. The highest BCUT2D eigenvalue weighted by Crippen LogP contribution is 2.35. The van der Waals surface area contributed by atoms with E-state index < -0.39 is 5.60 Å². The number of ether oxygens (including phenoxy) is 2. The average molecular weight is 170 g/mol. The normalized spacial score (nSPS) is 41.2. The minimum absolute atomic E-state index is 0.137. The summed E-state index contributed by atoms with van der Waals surface area (Å²) in [6.45, 7) is 3.21. The second-order valence-corrected chi connectivity index (χ2v) is 3.39. The molecule has 0 aliphatic carbocycles. The highest BCUT2D eigenvalue weighted by atomic mass is 16.5. The van der Waals surface area contributed by atoms with Crippen molar-refractivity contribution in [2.75, 3.05) is 13.2 Å². The van der Waals surface area contributed by atoms with Gasteiger partial charge in [0.15, 0.2) is 0 Å². The summed E-state index contributed by atoms with van der Waals surface area (Å²) in [5, 5.41) is 10.1. The molecular weight excluding hydrogens is 156 g/mol. The number of rotatable bonds is 1. The molecule has 0 aromatic heterocycles. The van der Waals surface area contributed by atoms with Crippen molar-refractivity contribution in [3.63, 3.8) is 0 Å². The quantitative estimate of drug-likeness (QED) is 0.633. The maximum Gasteiger partial charge on any atom is 0.149 e. The van der Waals surface area contributed by atoms with Crippen LogP contribution in [0.4, 0.5) is 0 Å². The van der Waals surface area contributed by atoms with Crippen molar-refractivity contribution in [1.82, 2.24) is 0 Å². The molecule has 12 heavy (non-hydrogen) atoms. The summed E-state index contributed by atoms with van der Waals surface area (Å²) in [5.74, 6) is 0.715. The van der Waals surface area contributed by atoms with Crippen LogP contribution in [-0.2, 0) is 9.47 Å². The molecule has 0 aromatic rings. The molecule has 0 saturated carbocycles. The molecule has 2 heterocycles. The Labute approximate surface area is 72.0 Å². The van der Waals surface area contributed by atoms with Crippen molar-refractivity contribution >= 4 is 0 Å². The van der Waals surface area contributed by atoms with Gasteiger partial charge >= 0.3 is 0 Å². The lowest BCUT2D eigenvalue weighted by molar-refractivity contribution is -0.0345. The molecule has 1 N–H and O–H groups in total. The van der Waals surface area contributed by atoms with E-state index in [1.54, 1.807) is 0 Å². The van der Waals surface area contributed by atoms with E-state index in [9.17, 15) is 5.11 Å². The van der Waals surface area contributed by atoms with Gasteiger partial charge in [0.2, 0.25) is 0 Å². The number of hydrogen-bond donors (Lipinski definition) is 1. The zero-order valence-electron chi connectivity index (χ0n) is 7.25. The first-order valence-corrected chi connectivity index (χ1v) is 4.41. The summed E-state index contributed by atoms with van der Waals surface area (Å²) in [6, 6.07) is 0. The van der Waals surface area contributed by atoms with Crippen LogP contribution < -0.4 is 0 Å². The summed E-state index contributed by atoms with van der Waals surface area (Å²) in [6.07, 6.45) is 3.39. The van der Waals surface area contributed by atoms with Crippen LogP contribution in [0.3, 0.4) is 0 Å². The van der Waals surface area contributed by atoms with Gasteiger partial charge in [0.25, 0.3) is 0 Å². The molecule has 3 heteroatoms. The van der Waals surface area contributed by atoms with E-state index in [1.165, 1.54) is 0 Å². The van der Waals surface area contributed by atoms with Gasteiger partial charge in [-0.3, -0.25) is 0 Å². The third-order valence-corrected chi connectivity index (χ3v) is 2.66. The Morgan fingerprint density at radius 1 is 1.58 bits per heavy atom. The van der Waals surface area contributed by atoms with Crippen LogP contribution in [0.15, 0.2) is 11.8 Å². The van der Waals surface area contributed by atoms with E-state index in [-0.39, 0.29) is 6.10 Å². The van der Waals surface area contributed by atoms with Gasteiger partial charge in [0, 0.05) is 12.8 Å². The third-order valence-electron chi connectivity index (χ3n) is 2.66. The minimum atomic E-state index is -0.851. The minimum Gasteiger partial charge on any atom is -0.495 e. The average Bonchev–Trinajstić information content (AvgIpc) is 2.62. The molecule has 0 bridgehead atoms. The zero-order chi connectivity index (χ0) is 8.60. The zero-order valence-corrected chi connectivity index (χ0v) is 7.25. The lowest BCUT2D eigenvalue weighted by Crippen LogP contribution is -2.38. The first-order chi connectivity index (χ1) is 5.73. The van der Waals surface area contributed by atoms with Crippen molar-refractivity contribution < 1.29 is 14.6 Å². The lowest BCUT2D eigenvalue weighted by Gasteiger charge is -2.26. The standard InChI is InChI=1S/C9H14O3/c1-7-9(10,4-6-11-7)8-3-2-5-12-8/h3,7,10H,2,4-6H2,1H3. The topological polar surface area (TPSA) is 38.7 Å². The van der Waals surface area contributed by atoms with E-state index in [1.807, 2.05) is 13.0 Å². The van der Waals surface area contributed by atoms with Crippen LogP contribution >= 0.6 is 0 Å². The van der Waals surface area contributed by atoms with E-state index in [4.69, 9.17) is 9.47 Å². The molecule has 0 amide bonds. The van der Waals surface area contributed by atoms with Crippen molar-refractivity contribution in [1.29, 1.82) is 0 Å². The number of aliphatic hydroxyl groups is 1. The Morgan fingerprint density at radius 3 is 2.92 bits per heavy atom. The van der Waals surface area contributed by atoms with E-state index in [0.29, 0.717) is 25.4 Å².